The third kappa shape index (κ3) is 3.31. The van der Waals surface area contributed by atoms with Crippen LogP contribution in [0.4, 0.5) is 0 Å². The topological polar surface area (TPSA) is 87.8 Å². The summed E-state index contributed by atoms with van der Waals surface area (Å²) in [5.41, 5.74) is 1.33. The van der Waals surface area contributed by atoms with Crippen LogP contribution < -0.4 is 4.74 Å². The highest BCUT2D eigenvalue weighted by molar-refractivity contribution is 5.93. The van der Waals surface area contributed by atoms with Gasteiger partial charge in [0.1, 0.15) is 11.4 Å². The maximum atomic E-state index is 13.4. The fourth-order valence-corrected chi connectivity index (χ4v) is 5.06. The number of carbonyl (C=O) groups excluding carboxylic acids is 2. The third-order valence-corrected chi connectivity index (χ3v) is 6.64. The van der Waals surface area contributed by atoms with Crippen LogP contribution in [0, 0.1) is 11.8 Å². The Morgan fingerprint density at radius 2 is 2.29 bits per heavy atom. The predicted octanol–water partition coefficient (Wildman–Crippen LogP) is 1.40. The van der Waals surface area contributed by atoms with E-state index in [1.165, 1.54) is 0 Å². The van der Waals surface area contributed by atoms with Crippen molar-refractivity contribution in [1.82, 2.24) is 20.0 Å². The fraction of sp³-hybridized carbons (Fsp3) is 0.435. The van der Waals surface area contributed by atoms with E-state index in [1.54, 1.807) is 30.2 Å². The highest BCUT2D eigenvalue weighted by Crippen LogP contribution is 2.52. The van der Waals surface area contributed by atoms with Crippen molar-refractivity contribution >= 4 is 11.8 Å². The van der Waals surface area contributed by atoms with E-state index in [-0.39, 0.29) is 17.9 Å². The van der Waals surface area contributed by atoms with Gasteiger partial charge in [0.05, 0.1) is 37.8 Å². The number of nitrogens with one attached hydrogen (secondary N) is 1. The van der Waals surface area contributed by atoms with Crippen LogP contribution in [0.25, 0.3) is 0 Å². The van der Waals surface area contributed by atoms with Gasteiger partial charge in [-0.05, 0) is 29.7 Å². The summed E-state index contributed by atoms with van der Waals surface area (Å²) in [6.07, 6.45) is 7.89. The molecular formula is C23H26N4O4. The number of H-pyrrole nitrogens is 1. The molecule has 0 unspecified atom stereocenters. The van der Waals surface area contributed by atoms with Gasteiger partial charge in [0.25, 0.3) is 0 Å². The summed E-state index contributed by atoms with van der Waals surface area (Å²) in [6.45, 7) is 1.49. The standard InChI is InChI=1S/C23H26N4O4/c1-26(9-7-16-11-24-25-12-16)21(28)19-18-6-8-23(31-18)14-27(22(29)20(19)23)13-15-4-3-5-17(10-15)30-2/h3-6,8,10-12,18-20H,7,9,13-14H2,1-2H3,(H,24,25)/t18-,19-,20+,23-/m0/s1. The molecule has 3 aliphatic rings. The van der Waals surface area contributed by atoms with E-state index >= 15 is 0 Å². The van der Waals surface area contributed by atoms with Gasteiger partial charge in [-0.25, -0.2) is 0 Å². The molecule has 1 N–H and O–H groups in total. The number of amides is 2. The van der Waals surface area contributed by atoms with Crippen LogP contribution in [0.5, 0.6) is 5.75 Å². The van der Waals surface area contributed by atoms with Gasteiger partial charge in [-0.3, -0.25) is 14.7 Å². The summed E-state index contributed by atoms with van der Waals surface area (Å²) in [6, 6.07) is 7.70. The van der Waals surface area contributed by atoms with E-state index < -0.39 is 17.4 Å². The van der Waals surface area contributed by atoms with Crippen molar-refractivity contribution in [3.63, 3.8) is 0 Å². The first kappa shape index (κ1) is 19.8. The Bertz CT molecular complexity index is 1020. The molecule has 4 heterocycles. The minimum absolute atomic E-state index is 0.0174. The number of methoxy groups -OCH3 is 1. The Kier molecular flexibility index (Phi) is 4.81. The number of fused-ring (bicyclic) bond motifs is 1. The van der Waals surface area contributed by atoms with Crippen LogP contribution in [-0.2, 0) is 27.3 Å². The number of aromatic amines is 1. The third-order valence-electron chi connectivity index (χ3n) is 6.64. The van der Waals surface area contributed by atoms with E-state index in [2.05, 4.69) is 10.2 Å². The molecule has 1 spiro atoms. The minimum atomic E-state index is -0.702. The van der Waals surface area contributed by atoms with Crippen LogP contribution >= 0.6 is 0 Å². The highest BCUT2D eigenvalue weighted by atomic mass is 16.5. The quantitative estimate of drug-likeness (QED) is 0.682. The van der Waals surface area contributed by atoms with E-state index in [0.29, 0.717) is 26.1 Å². The summed E-state index contributed by atoms with van der Waals surface area (Å²) in [7, 11) is 3.41. The molecule has 31 heavy (non-hydrogen) atoms. The lowest BCUT2D eigenvalue weighted by Crippen LogP contribution is -2.45. The molecule has 3 aliphatic heterocycles. The summed E-state index contributed by atoms with van der Waals surface area (Å²) in [5, 5.41) is 6.73. The lowest BCUT2D eigenvalue weighted by Gasteiger charge is -2.27. The zero-order valence-corrected chi connectivity index (χ0v) is 17.7. The summed E-state index contributed by atoms with van der Waals surface area (Å²) < 4.78 is 11.5. The van der Waals surface area contributed by atoms with Crippen LogP contribution in [0.1, 0.15) is 11.1 Å². The molecule has 2 amide bonds. The fourth-order valence-electron chi connectivity index (χ4n) is 5.06. The molecule has 2 aromatic rings. The molecule has 1 aromatic heterocycles. The molecule has 0 saturated carbocycles. The smallest absolute Gasteiger partial charge is 0.230 e. The summed E-state index contributed by atoms with van der Waals surface area (Å²) in [5.74, 6) is -0.261. The van der Waals surface area contributed by atoms with Crippen LogP contribution in [-0.4, -0.2) is 70.8 Å². The largest absolute Gasteiger partial charge is 0.497 e. The lowest BCUT2D eigenvalue weighted by molar-refractivity contribution is -0.142. The molecule has 0 aliphatic carbocycles. The zero-order valence-electron chi connectivity index (χ0n) is 17.7. The Morgan fingerprint density at radius 1 is 1.42 bits per heavy atom. The van der Waals surface area contributed by atoms with E-state index in [9.17, 15) is 9.59 Å². The van der Waals surface area contributed by atoms with Gasteiger partial charge in [-0.2, -0.15) is 5.10 Å². The Labute approximate surface area is 180 Å². The first-order valence-electron chi connectivity index (χ1n) is 10.5. The molecule has 162 valence electrons. The van der Waals surface area contributed by atoms with Crippen molar-refractivity contribution in [3.8, 4) is 5.75 Å². The number of nitrogens with zero attached hydrogens (tertiary/aromatic N) is 3. The number of likely N-dealkylation sites (N-methyl/N-ethyl adjacent to an activating group) is 1. The van der Waals surface area contributed by atoms with Crippen molar-refractivity contribution in [2.75, 3.05) is 27.2 Å². The van der Waals surface area contributed by atoms with Crippen LogP contribution in [0.3, 0.4) is 0 Å². The average molecular weight is 422 g/mol. The first-order valence-corrected chi connectivity index (χ1v) is 10.5. The second-order valence-electron chi connectivity index (χ2n) is 8.56. The van der Waals surface area contributed by atoms with Gasteiger partial charge < -0.3 is 19.3 Å². The van der Waals surface area contributed by atoms with E-state index in [0.717, 1.165) is 16.9 Å². The maximum Gasteiger partial charge on any atom is 0.230 e. The Hall–Kier alpha value is -3.13. The van der Waals surface area contributed by atoms with Crippen LogP contribution in [0.2, 0.25) is 0 Å². The molecule has 2 bridgehead atoms. The second-order valence-corrected chi connectivity index (χ2v) is 8.56. The summed E-state index contributed by atoms with van der Waals surface area (Å²) in [4.78, 5) is 30.3. The SMILES string of the molecule is COc1cccc(CN2C[C@]34C=C[C@H](O3)[C@H](C(=O)N(C)CCc3cn[nH]c3)[C@@H]4C2=O)c1. The predicted molar refractivity (Wildman–Crippen MR) is 112 cm³/mol. The number of hydrogen-bond donors (Lipinski definition) is 1. The van der Waals surface area contributed by atoms with Crippen molar-refractivity contribution < 1.29 is 19.1 Å². The number of likely N-dealkylation sites (tertiary alicyclic amines) is 1. The van der Waals surface area contributed by atoms with E-state index in [4.69, 9.17) is 9.47 Å². The lowest BCUT2D eigenvalue weighted by atomic mass is 9.76. The Morgan fingerprint density at radius 3 is 3.06 bits per heavy atom. The highest BCUT2D eigenvalue weighted by Gasteiger charge is 2.67. The van der Waals surface area contributed by atoms with Gasteiger partial charge in [0.15, 0.2) is 0 Å². The molecule has 0 radical (unpaired) electrons. The summed E-state index contributed by atoms with van der Waals surface area (Å²) >= 11 is 0. The normalized spacial score (nSPS) is 28.3. The van der Waals surface area contributed by atoms with Crippen molar-refractivity contribution in [2.24, 2.45) is 11.8 Å². The van der Waals surface area contributed by atoms with Crippen molar-refractivity contribution in [2.45, 2.75) is 24.7 Å². The van der Waals surface area contributed by atoms with Crippen LogP contribution in [0.15, 0.2) is 48.8 Å². The molecule has 8 nitrogen and oxygen atoms in total. The average Bonchev–Trinajstić information content (AvgIpc) is 3.55. The first-order chi connectivity index (χ1) is 15.0. The second kappa shape index (κ2) is 7.53. The van der Waals surface area contributed by atoms with E-state index in [1.807, 2.05) is 42.6 Å². The van der Waals surface area contributed by atoms with Gasteiger partial charge in [0, 0.05) is 26.3 Å². The van der Waals surface area contributed by atoms with Crippen molar-refractivity contribution in [1.29, 1.82) is 0 Å². The van der Waals surface area contributed by atoms with Gasteiger partial charge in [-0.15, -0.1) is 0 Å². The number of benzene rings is 1. The zero-order chi connectivity index (χ0) is 21.6. The molecule has 8 heteroatoms. The van der Waals surface area contributed by atoms with Gasteiger partial charge in [-0.1, -0.05) is 24.3 Å². The number of ether oxygens (including phenoxy) is 2. The molecule has 2 fully saturated rings. The molecule has 5 rings (SSSR count). The van der Waals surface area contributed by atoms with Crippen molar-refractivity contribution in [3.05, 3.63) is 59.9 Å². The maximum absolute atomic E-state index is 13.4. The molecule has 4 atom stereocenters. The number of hydrogen-bond acceptors (Lipinski definition) is 5. The Balaban J connectivity index is 1.32. The molecule has 1 aromatic carbocycles. The number of rotatable bonds is 7. The minimum Gasteiger partial charge on any atom is -0.497 e. The number of aromatic nitrogens is 2. The monoisotopic (exact) mass is 422 g/mol. The number of carbonyl (C=O) groups is 2. The molecule has 2 saturated heterocycles. The van der Waals surface area contributed by atoms with Gasteiger partial charge >= 0.3 is 0 Å². The molecular weight excluding hydrogens is 396 g/mol. The van der Waals surface area contributed by atoms with Gasteiger partial charge in [0.2, 0.25) is 11.8 Å².